The Labute approximate surface area is 143 Å². The maximum Gasteiger partial charge on any atom is 0.231 e. The quantitative estimate of drug-likeness (QED) is 0.710. The number of ether oxygens (including phenoxy) is 1. The Bertz CT molecular complexity index is 858. The van der Waals surface area contributed by atoms with Gasteiger partial charge in [-0.3, -0.25) is 4.40 Å². The SMILES string of the molecule is Clc1ccc(-c2ccc3nnc(N4CCOCC4)n3c2)c(Cl)c1. The second-order valence-corrected chi connectivity index (χ2v) is 6.21. The lowest BCUT2D eigenvalue weighted by atomic mass is 10.1. The molecule has 1 aliphatic heterocycles. The van der Waals surface area contributed by atoms with E-state index in [4.69, 9.17) is 27.9 Å². The van der Waals surface area contributed by atoms with Gasteiger partial charge in [-0.2, -0.15) is 0 Å². The van der Waals surface area contributed by atoms with Gasteiger partial charge in [-0.1, -0.05) is 29.3 Å². The van der Waals surface area contributed by atoms with E-state index in [0.29, 0.717) is 23.3 Å². The van der Waals surface area contributed by atoms with Crippen LogP contribution >= 0.6 is 23.2 Å². The zero-order chi connectivity index (χ0) is 15.8. The van der Waals surface area contributed by atoms with Crippen LogP contribution in [0, 0.1) is 0 Å². The van der Waals surface area contributed by atoms with E-state index < -0.39 is 0 Å². The molecule has 0 spiro atoms. The zero-order valence-corrected chi connectivity index (χ0v) is 13.8. The number of benzene rings is 1. The fraction of sp³-hybridized carbons (Fsp3) is 0.250. The predicted molar refractivity (Wildman–Crippen MR) is 91.5 cm³/mol. The third-order valence-corrected chi connectivity index (χ3v) is 4.47. The molecule has 0 saturated carbocycles. The fourth-order valence-corrected chi connectivity index (χ4v) is 3.26. The average Bonchev–Trinajstić information content (AvgIpc) is 2.99. The van der Waals surface area contributed by atoms with E-state index in [1.54, 1.807) is 6.07 Å². The van der Waals surface area contributed by atoms with Crippen LogP contribution in [0.4, 0.5) is 5.95 Å². The van der Waals surface area contributed by atoms with Crippen LogP contribution in [0.5, 0.6) is 0 Å². The topological polar surface area (TPSA) is 42.7 Å². The summed E-state index contributed by atoms with van der Waals surface area (Å²) in [5.41, 5.74) is 2.73. The van der Waals surface area contributed by atoms with Crippen LogP contribution < -0.4 is 4.90 Å². The molecule has 1 aromatic carbocycles. The normalized spacial score (nSPS) is 15.3. The summed E-state index contributed by atoms with van der Waals surface area (Å²) in [5, 5.41) is 9.81. The molecule has 0 radical (unpaired) electrons. The van der Waals surface area contributed by atoms with Gasteiger partial charge in [0.25, 0.3) is 0 Å². The lowest BCUT2D eigenvalue weighted by Crippen LogP contribution is -2.37. The molecule has 1 fully saturated rings. The maximum absolute atomic E-state index is 6.33. The first-order chi connectivity index (χ1) is 11.2. The van der Waals surface area contributed by atoms with Crippen LogP contribution in [-0.2, 0) is 4.74 Å². The van der Waals surface area contributed by atoms with Crippen molar-refractivity contribution in [2.75, 3.05) is 31.2 Å². The molecule has 4 rings (SSSR count). The molecule has 0 bridgehead atoms. The first kappa shape index (κ1) is 14.8. The first-order valence-electron chi connectivity index (χ1n) is 7.35. The number of fused-ring (bicyclic) bond motifs is 1. The minimum absolute atomic E-state index is 0.623. The minimum atomic E-state index is 0.623. The number of aromatic nitrogens is 3. The van der Waals surface area contributed by atoms with Gasteiger partial charge in [-0.25, -0.2) is 0 Å². The van der Waals surface area contributed by atoms with Gasteiger partial charge in [0.15, 0.2) is 5.65 Å². The molecular formula is C16H14Cl2N4O. The number of morpholine rings is 1. The molecule has 3 aromatic rings. The standard InChI is InChI=1S/C16H14Cl2N4O/c17-12-2-3-13(14(18)9-12)11-1-4-15-19-20-16(22(15)10-11)21-5-7-23-8-6-21/h1-4,9-10H,5-8H2. The third-order valence-electron chi connectivity index (χ3n) is 3.92. The smallest absolute Gasteiger partial charge is 0.231 e. The second-order valence-electron chi connectivity index (χ2n) is 5.37. The molecule has 7 heteroatoms. The Kier molecular flexibility index (Phi) is 3.85. The van der Waals surface area contributed by atoms with E-state index in [1.165, 1.54) is 0 Å². The monoisotopic (exact) mass is 348 g/mol. The summed E-state index contributed by atoms with van der Waals surface area (Å²) in [7, 11) is 0. The van der Waals surface area contributed by atoms with Gasteiger partial charge in [0.2, 0.25) is 5.95 Å². The van der Waals surface area contributed by atoms with E-state index in [1.807, 2.05) is 34.9 Å². The van der Waals surface area contributed by atoms with Crippen molar-refractivity contribution in [1.82, 2.24) is 14.6 Å². The first-order valence-corrected chi connectivity index (χ1v) is 8.11. The van der Waals surface area contributed by atoms with Gasteiger partial charge in [0, 0.05) is 40.5 Å². The number of anilines is 1. The largest absolute Gasteiger partial charge is 0.378 e. The number of hydrogen-bond acceptors (Lipinski definition) is 4. The maximum atomic E-state index is 6.33. The van der Waals surface area contributed by atoms with Crippen LogP contribution in [0.2, 0.25) is 10.0 Å². The van der Waals surface area contributed by atoms with Crippen molar-refractivity contribution in [3.8, 4) is 11.1 Å². The Morgan fingerprint density at radius 3 is 2.61 bits per heavy atom. The minimum Gasteiger partial charge on any atom is -0.378 e. The number of pyridine rings is 1. The summed E-state index contributed by atoms with van der Waals surface area (Å²) >= 11 is 12.3. The number of hydrogen-bond donors (Lipinski definition) is 0. The van der Waals surface area contributed by atoms with Gasteiger partial charge >= 0.3 is 0 Å². The van der Waals surface area contributed by atoms with E-state index >= 15 is 0 Å². The van der Waals surface area contributed by atoms with Gasteiger partial charge in [0.05, 0.1) is 13.2 Å². The van der Waals surface area contributed by atoms with Crippen molar-refractivity contribution in [2.45, 2.75) is 0 Å². The summed E-state index contributed by atoms with van der Waals surface area (Å²) < 4.78 is 7.39. The molecule has 0 N–H and O–H groups in total. The molecule has 0 atom stereocenters. The lowest BCUT2D eigenvalue weighted by molar-refractivity contribution is 0.122. The average molecular weight is 349 g/mol. The van der Waals surface area contributed by atoms with E-state index in [2.05, 4.69) is 15.1 Å². The Morgan fingerprint density at radius 1 is 1.00 bits per heavy atom. The molecule has 3 heterocycles. The van der Waals surface area contributed by atoms with Crippen LogP contribution in [0.3, 0.4) is 0 Å². The van der Waals surface area contributed by atoms with E-state index in [0.717, 1.165) is 35.8 Å². The van der Waals surface area contributed by atoms with Crippen LogP contribution in [0.25, 0.3) is 16.8 Å². The van der Waals surface area contributed by atoms with Gasteiger partial charge in [0.1, 0.15) is 0 Å². The molecule has 1 saturated heterocycles. The van der Waals surface area contributed by atoms with Crippen LogP contribution in [0.1, 0.15) is 0 Å². The highest BCUT2D eigenvalue weighted by atomic mass is 35.5. The van der Waals surface area contributed by atoms with Crippen molar-refractivity contribution in [1.29, 1.82) is 0 Å². The Hall–Kier alpha value is -1.82. The summed E-state index contributed by atoms with van der Waals surface area (Å²) in [6, 6.07) is 9.43. The van der Waals surface area contributed by atoms with Crippen LogP contribution in [0.15, 0.2) is 36.5 Å². The summed E-state index contributed by atoms with van der Waals surface area (Å²) in [6.45, 7) is 3.04. The summed E-state index contributed by atoms with van der Waals surface area (Å²) in [6.07, 6.45) is 2.01. The predicted octanol–water partition coefficient (Wildman–Crippen LogP) is 3.54. The molecule has 2 aromatic heterocycles. The zero-order valence-electron chi connectivity index (χ0n) is 12.2. The van der Waals surface area contributed by atoms with Crippen molar-refractivity contribution in [2.24, 2.45) is 0 Å². The number of rotatable bonds is 2. The van der Waals surface area contributed by atoms with Crippen molar-refractivity contribution >= 4 is 34.8 Å². The molecule has 118 valence electrons. The number of nitrogens with zero attached hydrogens (tertiary/aromatic N) is 4. The molecule has 0 unspecified atom stereocenters. The van der Waals surface area contributed by atoms with Crippen LogP contribution in [-0.4, -0.2) is 40.9 Å². The highest BCUT2D eigenvalue weighted by Gasteiger charge is 2.17. The molecule has 0 aliphatic carbocycles. The molecular weight excluding hydrogens is 335 g/mol. The van der Waals surface area contributed by atoms with E-state index in [-0.39, 0.29) is 0 Å². The van der Waals surface area contributed by atoms with Gasteiger partial charge in [-0.15, -0.1) is 10.2 Å². The highest BCUT2D eigenvalue weighted by Crippen LogP contribution is 2.31. The molecule has 1 aliphatic rings. The number of halogens is 2. The van der Waals surface area contributed by atoms with Crippen molar-refractivity contribution in [3.63, 3.8) is 0 Å². The lowest BCUT2D eigenvalue weighted by Gasteiger charge is -2.26. The third kappa shape index (κ3) is 2.76. The summed E-state index contributed by atoms with van der Waals surface area (Å²) in [4.78, 5) is 2.18. The Balaban J connectivity index is 1.80. The molecule has 23 heavy (non-hydrogen) atoms. The molecule has 5 nitrogen and oxygen atoms in total. The van der Waals surface area contributed by atoms with Crippen molar-refractivity contribution < 1.29 is 4.74 Å². The van der Waals surface area contributed by atoms with E-state index in [9.17, 15) is 0 Å². The van der Waals surface area contributed by atoms with Gasteiger partial charge in [-0.05, 0) is 24.3 Å². The Morgan fingerprint density at radius 2 is 1.83 bits per heavy atom. The molecule has 0 amide bonds. The fourth-order valence-electron chi connectivity index (χ4n) is 2.74. The summed E-state index contributed by atoms with van der Waals surface area (Å²) in [5.74, 6) is 0.829. The second kappa shape index (κ2) is 6.00. The van der Waals surface area contributed by atoms with Crippen molar-refractivity contribution in [3.05, 3.63) is 46.6 Å². The highest BCUT2D eigenvalue weighted by molar-refractivity contribution is 6.36. The van der Waals surface area contributed by atoms with Gasteiger partial charge < -0.3 is 9.64 Å².